The topological polar surface area (TPSA) is 29.1 Å². The van der Waals surface area contributed by atoms with Crippen LogP contribution in [-0.2, 0) is 11.3 Å². The molecule has 0 atom stereocenters. The summed E-state index contributed by atoms with van der Waals surface area (Å²) in [5.41, 5.74) is -2.41. The van der Waals surface area contributed by atoms with E-state index in [-0.39, 0.29) is 10.6 Å². The van der Waals surface area contributed by atoms with Crippen molar-refractivity contribution in [2.24, 2.45) is 5.41 Å². The van der Waals surface area contributed by atoms with Gasteiger partial charge in [0.2, 0.25) is 11.7 Å². The number of amides is 1. The average molecular weight is 425 g/mol. The Balaban J connectivity index is 2.09. The van der Waals surface area contributed by atoms with Gasteiger partial charge in [0.15, 0.2) is 34.9 Å². The van der Waals surface area contributed by atoms with Crippen molar-refractivity contribution in [3.63, 3.8) is 0 Å². The van der Waals surface area contributed by atoms with Gasteiger partial charge in [0.1, 0.15) is 0 Å². The van der Waals surface area contributed by atoms with E-state index in [0.29, 0.717) is 0 Å². The van der Waals surface area contributed by atoms with Gasteiger partial charge < -0.3 is 5.32 Å². The molecular formula is C18H14F7NOS. The molecule has 0 heterocycles. The highest BCUT2D eigenvalue weighted by atomic mass is 32.2. The second-order valence-corrected chi connectivity index (χ2v) is 7.47. The summed E-state index contributed by atoms with van der Waals surface area (Å²) < 4.78 is 93.6. The molecule has 0 aliphatic carbocycles. The van der Waals surface area contributed by atoms with Crippen LogP contribution in [0.25, 0.3) is 0 Å². The molecule has 0 unspecified atom stereocenters. The standard InChI is InChI=1S/C18H14F7NOS/c1-18(2,7-28-10-5-3-4-9(19)13(10)22)17(27)26-6-8-11(20)14(23)16(25)15(24)12(8)21/h3-5H,6-7H2,1-2H3,(H,26,27). The second-order valence-electron chi connectivity index (χ2n) is 6.46. The number of hydrogen-bond donors (Lipinski definition) is 1. The largest absolute Gasteiger partial charge is 0.351 e. The Morgan fingerprint density at radius 2 is 1.43 bits per heavy atom. The van der Waals surface area contributed by atoms with Gasteiger partial charge in [-0.25, -0.2) is 30.7 Å². The van der Waals surface area contributed by atoms with E-state index < -0.39 is 64.2 Å². The number of rotatable bonds is 6. The number of carbonyl (C=O) groups excluding carboxylic acids is 1. The highest BCUT2D eigenvalue weighted by molar-refractivity contribution is 7.99. The average Bonchev–Trinajstić information content (AvgIpc) is 2.65. The lowest BCUT2D eigenvalue weighted by Crippen LogP contribution is -2.38. The Hall–Kier alpha value is -2.23. The van der Waals surface area contributed by atoms with E-state index in [1.54, 1.807) is 0 Å². The molecule has 2 nitrogen and oxygen atoms in total. The van der Waals surface area contributed by atoms with Gasteiger partial charge in [-0.1, -0.05) is 19.9 Å². The molecule has 2 aromatic rings. The molecule has 0 aliphatic rings. The number of benzene rings is 2. The first-order valence-corrected chi connectivity index (χ1v) is 8.81. The predicted molar refractivity (Wildman–Crippen MR) is 88.9 cm³/mol. The van der Waals surface area contributed by atoms with Crippen molar-refractivity contribution in [1.29, 1.82) is 0 Å². The maximum absolute atomic E-state index is 13.7. The van der Waals surface area contributed by atoms with Crippen LogP contribution in [0.15, 0.2) is 23.1 Å². The van der Waals surface area contributed by atoms with E-state index in [1.807, 2.05) is 0 Å². The van der Waals surface area contributed by atoms with Crippen molar-refractivity contribution in [2.45, 2.75) is 25.3 Å². The van der Waals surface area contributed by atoms with Crippen molar-refractivity contribution in [3.05, 3.63) is 64.5 Å². The molecule has 0 aliphatic heterocycles. The van der Waals surface area contributed by atoms with Crippen LogP contribution in [0.3, 0.4) is 0 Å². The summed E-state index contributed by atoms with van der Waals surface area (Å²) in [6.45, 7) is 1.91. The minimum atomic E-state index is -2.29. The summed E-state index contributed by atoms with van der Waals surface area (Å²) in [4.78, 5) is 12.2. The summed E-state index contributed by atoms with van der Waals surface area (Å²) in [6, 6.07) is 3.53. The van der Waals surface area contributed by atoms with Crippen molar-refractivity contribution in [3.8, 4) is 0 Å². The fourth-order valence-corrected chi connectivity index (χ4v) is 3.18. The van der Waals surface area contributed by atoms with Crippen LogP contribution >= 0.6 is 11.8 Å². The first-order chi connectivity index (χ1) is 13.0. The van der Waals surface area contributed by atoms with E-state index in [9.17, 15) is 35.5 Å². The molecular weight excluding hydrogens is 411 g/mol. The Bertz CT molecular complexity index is 888. The van der Waals surface area contributed by atoms with E-state index in [0.717, 1.165) is 17.8 Å². The molecule has 2 aromatic carbocycles. The van der Waals surface area contributed by atoms with Crippen molar-refractivity contribution < 1.29 is 35.5 Å². The van der Waals surface area contributed by atoms with Gasteiger partial charge in [0.05, 0.1) is 5.41 Å². The maximum Gasteiger partial charge on any atom is 0.226 e. The molecule has 10 heteroatoms. The third-order valence-corrected chi connectivity index (χ3v) is 5.34. The first-order valence-electron chi connectivity index (χ1n) is 7.82. The Morgan fingerprint density at radius 1 is 0.893 bits per heavy atom. The highest BCUT2D eigenvalue weighted by Gasteiger charge is 2.30. The van der Waals surface area contributed by atoms with Crippen LogP contribution in [0.5, 0.6) is 0 Å². The molecule has 0 aromatic heterocycles. The number of hydrogen-bond acceptors (Lipinski definition) is 2. The second kappa shape index (κ2) is 8.42. The normalized spacial score (nSPS) is 11.6. The van der Waals surface area contributed by atoms with Crippen molar-refractivity contribution in [1.82, 2.24) is 5.32 Å². The third kappa shape index (κ3) is 4.43. The van der Waals surface area contributed by atoms with Gasteiger partial charge in [0, 0.05) is 22.8 Å². The summed E-state index contributed by atoms with van der Waals surface area (Å²) >= 11 is 0.838. The van der Waals surface area contributed by atoms with Crippen molar-refractivity contribution >= 4 is 17.7 Å². The molecule has 0 radical (unpaired) electrons. The van der Waals surface area contributed by atoms with E-state index in [4.69, 9.17) is 0 Å². The maximum atomic E-state index is 13.7. The smallest absolute Gasteiger partial charge is 0.226 e. The molecule has 28 heavy (non-hydrogen) atoms. The molecule has 1 amide bonds. The van der Waals surface area contributed by atoms with E-state index in [1.165, 1.54) is 26.0 Å². The zero-order chi connectivity index (χ0) is 21.2. The Morgan fingerprint density at radius 3 is 2.00 bits per heavy atom. The van der Waals surface area contributed by atoms with Gasteiger partial charge >= 0.3 is 0 Å². The van der Waals surface area contributed by atoms with Crippen LogP contribution in [0.4, 0.5) is 30.7 Å². The molecule has 0 fully saturated rings. The van der Waals surface area contributed by atoms with Crippen LogP contribution in [0.2, 0.25) is 0 Å². The molecule has 0 bridgehead atoms. The molecule has 0 spiro atoms. The third-order valence-electron chi connectivity index (χ3n) is 3.85. The Kier molecular flexibility index (Phi) is 6.63. The van der Waals surface area contributed by atoms with Crippen molar-refractivity contribution in [2.75, 3.05) is 5.75 Å². The lowest BCUT2D eigenvalue weighted by atomic mass is 9.95. The molecule has 152 valence electrons. The molecule has 0 saturated carbocycles. The van der Waals surface area contributed by atoms with E-state index in [2.05, 4.69) is 5.32 Å². The minimum Gasteiger partial charge on any atom is -0.351 e. The fourth-order valence-electron chi connectivity index (χ4n) is 2.13. The zero-order valence-corrected chi connectivity index (χ0v) is 15.4. The van der Waals surface area contributed by atoms with Gasteiger partial charge in [0.25, 0.3) is 0 Å². The van der Waals surface area contributed by atoms with E-state index >= 15 is 0 Å². The molecule has 0 saturated heterocycles. The van der Waals surface area contributed by atoms with Crippen LogP contribution in [0, 0.1) is 46.1 Å². The van der Waals surface area contributed by atoms with Crippen LogP contribution in [0.1, 0.15) is 19.4 Å². The first kappa shape index (κ1) is 22.1. The molecule has 2 rings (SSSR count). The SMILES string of the molecule is CC(C)(CSc1cccc(F)c1F)C(=O)NCc1c(F)c(F)c(F)c(F)c1F. The van der Waals surface area contributed by atoms with Gasteiger partial charge in [-0.2, -0.15) is 0 Å². The van der Waals surface area contributed by atoms with Crippen LogP contribution < -0.4 is 5.32 Å². The van der Waals surface area contributed by atoms with Crippen LogP contribution in [-0.4, -0.2) is 11.7 Å². The number of thioether (sulfide) groups is 1. The van der Waals surface area contributed by atoms with Gasteiger partial charge in [-0.05, 0) is 12.1 Å². The number of halogens is 7. The summed E-state index contributed by atoms with van der Waals surface area (Å²) in [6.07, 6.45) is 0. The van der Waals surface area contributed by atoms with Gasteiger partial charge in [-0.15, -0.1) is 11.8 Å². The zero-order valence-electron chi connectivity index (χ0n) is 14.6. The molecule has 1 N–H and O–H groups in total. The monoisotopic (exact) mass is 425 g/mol. The lowest BCUT2D eigenvalue weighted by Gasteiger charge is -2.23. The predicted octanol–water partition coefficient (Wildman–Crippen LogP) is 5.10. The fraction of sp³-hybridized carbons (Fsp3) is 0.278. The number of nitrogens with one attached hydrogen (secondary N) is 1. The summed E-state index contributed by atoms with van der Waals surface area (Å²) in [5.74, 6) is -13.5. The highest BCUT2D eigenvalue weighted by Crippen LogP contribution is 2.31. The Labute approximate surface area is 160 Å². The quantitative estimate of drug-likeness (QED) is 0.302. The summed E-state index contributed by atoms with van der Waals surface area (Å²) in [5, 5.41) is 2.10. The summed E-state index contributed by atoms with van der Waals surface area (Å²) in [7, 11) is 0. The number of carbonyl (C=O) groups is 1. The lowest BCUT2D eigenvalue weighted by molar-refractivity contribution is -0.128. The van der Waals surface area contributed by atoms with Gasteiger partial charge in [-0.3, -0.25) is 4.79 Å². The minimum absolute atomic E-state index is 0.0411.